The van der Waals surface area contributed by atoms with Gasteiger partial charge in [-0.3, -0.25) is 14.8 Å². The third-order valence-electron chi connectivity index (χ3n) is 7.13. The topological polar surface area (TPSA) is 86.6 Å². The Kier molecular flexibility index (Phi) is 5.90. The zero-order chi connectivity index (χ0) is 24.0. The standard InChI is InChI=1S/C26H27ClN4O3/c1-15-4-3-9-28-24(15)17-5-7-19-21(12-17)29-22-13-18(6-8-20(22)23(19)27)25(32)30-10-11-31(26(33)34)16(2)14-30/h3-4,6,8-9,13,16-17H,5,7,10-12,14H2,1-2H3,(H,33,34)/t16-,17?/m0/s1. The number of carbonyl (C=O) groups is 2. The maximum atomic E-state index is 13.2. The second kappa shape index (κ2) is 8.87. The smallest absolute Gasteiger partial charge is 0.407 e. The lowest BCUT2D eigenvalue weighted by Gasteiger charge is -2.38. The first-order chi connectivity index (χ1) is 16.3. The van der Waals surface area contributed by atoms with Crippen molar-refractivity contribution in [3.63, 3.8) is 0 Å². The molecule has 2 aromatic heterocycles. The molecule has 0 radical (unpaired) electrons. The largest absolute Gasteiger partial charge is 0.465 e. The summed E-state index contributed by atoms with van der Waals surface area (Å²) in [7, 11) is 0. The van der Waals surface area contributed by atoms with Crippen LogP contribution in [0.3, 0.4) is 0 Å². The summed E-state index contributed by atoms with van der Waals surface area (Å²) < 4.78 is 0. The van der Waals surface area contributed by atoms with Gasteiger partial charge < -0.3 is 14.9 Å². The number of carbonyl (C=O) groups excluding carboxylic acids is 1. The van der Waals surface area contributed by atoms with Gasteiger partial charge in [0.2, 0.25) is 0 Å². The number of fused-ring (bicyclic) bond motifs is 2. The zero-order valence-corrected chi connectivity index (χ0v) is 20.0. The number of aryl methyl sites for hydroxylation is 1. The van der Waals surface area contributed by atoms with Gasteiger partial charge in [0, 0.05) is 60.1 Å². The van der Waals surface area contributed by atoms with Crippen LogP contribution in [-0.4, -0.2) is 62.6 Å². The number of halogens is 1. The molecule has 1 aliphatic carbocycles. The number of hydrogen-bond donors (Lipinski definition) is 1. The first-order valence-electron chi connectivity index (χ1n) is 11.6. The van der Waals surface area contributed by atoms with Gasteiger partial charge in [-0.25, -0.2) is 4.79 Å². The Morgan fingerprint density at radius 3 is 2.76 bits per heavy atom. The van der Waals surface area contributed by atoms with E-state index in [9.17, 15) is 14.7 Å². The van der Waals surface area contributed by atoms with Gasteiger partial charge in [0.05, 0.1) is 10.5 Å². The first-order valence-corrected chi connectivity index (χ1v) is 12.0. The van der Waals surface area contributed by atoms with E-state index in [1.54, 1.807) is 11.0 Å². The van der Waals surface area contributed by atoms with Crippen LogP contribution in [0.25, 0.3) is 10.9 Å². The van der Waals surface area contributed by atoms with Crippen LogP contribution in [0, 0.1) is 6.92 Å². The molecule has 8 heteroatoms. The van der Waals surface area contributed by atoms with Gasteiger partial charge in [-0.1, -0.05) is 23.7 Å². The summed E-state index contributed by atoms with van der Waals surface area (Å²) in [4.78, 5) is 37.2. The van der Waals surface area contributed by atoms with Crippen LogP contribution in [0.15, 0.2) is 36.5 Å². The Balaban J connectivity index is 1.43. The van der Waals surface area contributed by atoms with Gasteiger partial charge in [-0.2, -0.15) is 0 Å². The number of piperazine rings is 1. The lowest BCUT2D eigenvalue weighted by molar-refractivity contribution is 0.0507. The minimum Gasteiger partial charge on any atom is -0.465 e. The van der Waals surface area contributed by atoms with Crippen molar-refractivity contribution in [2.24, 2.45) is 0 Å². The van der Waals surface area contributed by atoms with Crippen molar-refractivity contribution in [3.05, 3.63) is 69.6 Å². The summed E-state index contributed by atoms with van der Waals surface area (Å²) in [6, 6.07) is 9.29. The number of amides is 2. The van der Waals surface area contributed by atoms with E-state index in [1.165, 1.54) is 10.5 Å². The average molecular weight is 479 g/mol. The van der Waals surface area contributed by atoms with Crippen molar-refractivity contribution in [1.29, 1.82) is 0 Å². The average Bonchev–Trinajstić information content (AvgIpc) is 2.83. The lowest BCUT2D eigenvalue weighted by atomic mass is 9.83. The normalized spacial score (nSPS) is 20.3. The number of pyridine rings is 2. The molecule has 176 valence electrons. The van der Waals surface area contributed by atoms with E-state index in [-0.39, 0.29) is 11.9 Å². The molecule has 0 bridgehead atoms. The molecule has 1 saturated heterocycles. The molecular formula is C26H27ClN4O3. The maximum Gasteiger partial charge on any atom is 0.407 e. The molecular weight excluding hydrogens is 452 g/mol. The molecule has 1 aromatic carbocycles. The zero-order valence-electron chi connectivity index (χ0n) is 19.3. The third-order valence-corrected chi connectivity index (χ3v) is 7.56. The van der Waals surface area contributed by atoms with Crippen molar-refractivity contribution >= 4 is 34.5 Å². The van der Waals surface area contributed by atoms with Crippen LogP contribution in [-0.2, 0) is 12.8 Å². The highest BCUT2D eigenvalue weighted by Gasteiger charge is 2.31. The fourth-order valence-corrected chi connectivity index (χ4v) is 5.65. The van der Waals surface area contributed by atoms with Gasteiger partial charge in [0.25, 0.3) is 5.91 Å². The predicted molar refractivity (Wildman–Crippen MR) is 131 cm³/mol. The Morgan fingerprint density at radius 2 is 2.03 bits per heavy atom. The molecule has 7 nitrogen and oxygen atoms in total. The van der Waals surface area contributed by atoms with E-state index in [2.05, 4.69) is 18.0 Å². The summed E-state index contributed by atoms with van der Waals surface area (Å²) in [5.74, 6) is 0.183. The fraction of sp³-hybridized carbons (Fsp3) is 0.385. The highest BCUT2D eigenvalue weighted by atomic mass is 35.5. The number of nitrogens with zero attached hydrogens (tertiary/aromatic N) is 4. The molecule has 2 atom stereocenters. The summed E-state index contributed by atoms with van der Waals surface area (Å²) in [6.07, 6.45) is 3.50. The fourth-order valence-electron chi connectivity index (χ4n) is 5.29. The number of hydrogen-bond acceptors (Lipinski definition) is 4. The molecule has 3 aromatic rings. The van der Waals surface area contributed by atoms with E-state index in [0.29, 0.717) is 36.6 Å². The van der Waals surface area contributed by atoms with E-state index in [1.807, 2.05) is 31.3 Å². The summed E-state index contributed by atoms with van der Waals surface area (Å²) >= 11 is 6.82. The van der Waals surface area contributed by atoms with Crippen LogP contribution < -0.4 is 0 Å². The molecule has 3 heterocycles. The second-order valence-electron chi connectivity index (χ2n) is 9.30. The van der Waals surface area contributed by atoms with Gasteiger partial charge in [0.1, 0.15) is 0 Å². The molecule has 1 N–H and O–H groups in total. The van der Waals surface area contributed by atoms with E-state index < -0.39 is 6.09 Å². The van der Waals surface area contributed by atoms with Gasteiger partial charge in [-0.15, -0.1) is 0 Å². The number of carboxylic acid groups (broad SMARTS) is 1. The molecule has 0 spiro atoms. The highest BCUT2D eigenvalue weighted by molar-refractivity contribution is 6.36. The van der Waals surface area contributed by atoms with Crippen molar-refractivity contribution in [2.75, 3.05) is 19.6 Å². The molecule has 1 unspecified atom stereocenters. The summed E-state index contributed by atoms with van der Waals surface area (Å²) in [6.45, 7) is 4.96. The SMILES string of the molecule is Cc1cccnc1C1CCc2c(nc3cc(C(=O)N4CCN(C(=O)O)[C@@H](C)C4)ccc3c2Cl)C1. The molecule has 1 aliphatic heterocycles. The summed E-state index contributed by atoms with van der Waals surface area (Å²) in [5.41, 5.74) is 5.63. The monoisotopic (exact) mass is 478 g/mol. The second-order valence-corrected chi connectivity index (χ2v) is 9.68. The van der Waals surface area contributed by atoms with E-state index >= 15 is 0 Å². The number of benzene rings is 1. The van der Waals surface area contributed by atoms with Gasteiger partial charge in [-0.05, 0) is 62.4 Å². The van der Waals surface area contributed by atoms with Crippen LogP contribution in [0.4, 0.5) is 4.79 Å². The Labute approximate surface area is 203 Å². The van der Waals surface area contributed by atoms with Gasteiger partial charge in [0.15, 0.2) is 0 Å². The van der Waals surface area contributed by atoms with Crippen LogP contribution in [0.1, 0.15) is 52.1 Å². The minimum atomic E-state index is -0.951. The maximum absolute atomic E-state index is 13.2. The lowest BCUT2D eigenvalue weighted by Crippen LogP contribution is -2.55. The molecule has 1 fully saturated rings. The predicted octanol–water partition coefficient (Wildman–Crippen LogP) is 4.69. The molecule has 5 rings (SSSR count). The van der Waals surface area contributed by atoms with Crippen LogP contribution in [0.5, 0.6) is 0 Å². The Hall–Kier alpha value is -3.19. The number of aromatic nitrogens is 2. The van der Waals surface area contributed by atoms with Crippen molar-refractivity contribution < 1.29 is 14.7 Å². The van der Waals surface area contributed by atoms with Crippen molar-refractivity contribution in [2.45, 2.75) is 45.1 Å². The Morgan fingerprint density at radius 1 is 1.21 bits per heavy atom. The Bertz CT molecular complexity index is 1290. The van der Waals surface area contributed by atoms with Crippen molar-refractivity contribution in [1.82, 2.24) is 19.8 Å². The quantitative estimate of drug-likeness (QED) is 0.577. The minimum absolute atomic E-state index is 0.114. The first kappa shape index (κ1) is 22.6. The van der Waals surface area contributed by atoms with Crippen LogP contribution >= 0.6 is 11.6 Å². The molecule has 2 aliphatic rings. The molecule has 34 heavy (non-hydrogen) atoms. The molecule has 0 saturated carbocycles. The third kappa shape index (κ3) is 3.98. The van der Waals surface area contributed by atoms with E-state index in [4.69, 9.17) is 16.6 Å². The number of rotatable bonds is 2. The molecule has 2 amide bonds. The van der Waals surface area contributed by atoms with Crippen LogP contribution in [0.2, 0.25) is 5.02 Å². The highest BCUT2D eigenvalue weighted by Crippen LogP contribution is 2.38. The van der Waals surface area contributed by atoms with E-state index in [0.717, 1.165) is 46.6 Å². The van der Waals surface area contributed by atoms with Crippen molar-refractivity contribution in [3.8, 4) is 0 Å². The van der Waals surface area contributed by atoms with Gasteiger partial charge >= 0.3 is 6.09 Å². The summed E-state index contributed by atoms with van der Waals surface area (Å²) in [5, 5.41) is 10.9.